The molecule has 0 amide bonds. The van der Waals surface area contributed by atoms with Gasteiger partial charge in [0.05, 0.1) is 18.1 Å². The lowest BCUT2D eigenvalue weighted by molar-refractivity contribution is -0.133. The molecular weight excluding hydrogens is 364 g/mol. The summed E-state index contributed by atoms with van der Waals surface area (Å²) >= 11 is 0. The van der Waals surface area contributed by atoms with Crippen molar-refractivity contribution in [2.75, 3.05) is 0 Å². The zero-order chi connectivity index (χ0) is 21.2. The van der Waals surface area contributed by atoms with Crippen LogP contribution in [0.25, 0.3) is 0 Å². The predicted molar refractivity (Wildman–Crippen MR) is 116 cm³/mol. The van der Waals surface area contributed by atoms with Gasteiger partial charge in [0.1, 0.15) is 0 Å². The Morgan fingerprint density at radius 3 is 2.55 bits per heavy atom. The van der Waals surface area contributed by atoms with Crippen LogP contribution in [-0.4, -0.2) is 11.1 Å². The third-order valence-electron chi connectivity index (χ3n) is 5.30. The Labute approximate surface area is 174 Å². The summed E-state index contributed by atoms with van der Waals surface area (Å²) < 4.78 is 10.2. The van der Waals surface area contributed by atoms with Gasteiger partial charge in [0, 0.05) is 0 Å². The minimum atomic E-state index is -0.453. The summed E-state index contributed by atoms with van der Waals surface area (Å²) in [5, 5.41) is 9.88. The van der Waals surface area contributed by atoms with Crippen LogP contribution in [0.5, 0.6) is 0 Å². The topological polar surface area (TPSA) is 59.7 Å². The van der Waals surface area contributed by atoms with Crippen LogP contribution in [0.2, 0.25) is 0 Å². The molecule has 29 heavy (non-hydrogen) atoms. The number of ether oxygens (including phenoxy) is 1. The first-order chi connectivity index (χ1) is 13.9. The average Bonchev–Trinajstić information content (AvgIpc) is 3.27. The molecule has 0 radical (unpaired) electrons. The highest BCUT2D eigenvalue weighted by molar-refractivity contribution is 5.93. The van der Waals surface area contributed by atoms with E-state index in [0.717, 1.165) is 44.9 Å². The highest BCUT2D eigenvalue weighted by atomic mass is 16.6. The first-order valence-electron chi connectivity index (χ1n) is 10.5. The Kier molecular flexibility index (Phi) is 9.04. The summed E-state index contributed by atoms with van der Waals surface area (Å²) in [7, 11) is 0. The summed E-state index contributed by atoms with van der Waals surface area (Å²) in [4.78, 5) is 11.4. The van der Waals surface area contributed by atoms with Gasteiger partial charge in [-0.1, -0.05) is 30.2 Å². The molecule has 2 rings (SSSR count). The maximum absolute atomic E-state index is 11.4. The minimum absolute atomic E-state index is 0.0221. The van der Waals surface area contributed by atoms with Crippen molar-refractivity contribution < 1.29 is 19.1 Å². The number of aliphatic hydroxyl groups excluding tert-OH is 1. The quantitative estimate of drug-likeness (QED) is 0.323. The summed E-state index contributed by atoms with van der Waals surface area (Å²) in [6.45, 7) is 8.05. The fraction of sp³-hybridized carbons (Fsp3) is 0.480. The largest absolute Gasteiger partial charge is 0.504 e. The lowest BCUT2D eigenvalue weighted by atomic mass is 9.99. The molecule has 0 aromatic carbocycles. The van der Waals surface area contributed by atoms with Crippen molar-refractivity contribution in [3.63, 3.8) is 0 Å². The number of aliphatic hydroxyl groups is 1. The second kappa shape index (κ2) is 11.5. The van der Waals surface area contributed by atoms with E-state index >= 15 is 0 Å². The van der Waals surface area contributed by atoms with Crippen molar-refractivity contribution >= 4 is 5.97 Å². The standard InChI is InChI=1S/C25H34O4/c1-18(8-5-9-19(2)11-7-13-22-14-15-28-17-22)10-6-12-20(3)16-23-24(26)21(4)25(27)29-23/h8,11,14-17,20,26H,5-7,9-10,12-13H2,1-4H3/b18-8-,19-11-,23-16-. The second-order valence-corrected chi connectivity index (χ2v) is 8.07. The van der Waals surface area contributed by atoms with Crippen molar-refractivity contribution in [1.82, 2.24) is 0 Å². The van der Waals surface area contributed by atoms with Crippen molar-refractivity contribution in [2.45, 2.75) is 72.6 Å². The summed E-state index contributed by atoms with van der Waals surface area (Å²) in [5.74, 6) is 0.0815. The van der Waals surface area contributed by atoms with Gasteiger partial charge >= 0.3 is 5.97 Å². The lowest BCUT2D eigenvalue weighted by Crippen LogP contribution is -1.97. The van der Waals surface area contributed by atoms with Crippen LogP contribution in [0.4, 0.5) is 0 Å². The molecule has 2 heterocycles. The Hall–Kier alpha value is -2.49. The van der Waals surface area contributed by atoms with E-state index in [1.165, 1.54) is 16.7 Å². The lowest BCUT2D eigenvalue weighted by Gasteiger charge is -2.08. The van der Waals surface area contributed by atoms with Gasteiger partial charge in [0.2, 0.25) is 0 Å². The number of cyclic esters (lactones) is 1. The van der Waals surface area contributed by atoms with Gasteiger partial charge in [-0.05, 0) is 89.3 Å². The van der Waals surface area contributed by atoms with Crippen LogP contribution in [0.3, 0.4) is 0 Å². The van der Waals surface area contributed by atoms with Gasteiger partial charge < -0.3 is 14.3 Å². The van der Waals surface area contributed by atoms with Crippen molar-refractivity contribution in [2.24, 2.45) is 5.92 Å². The van der Waals surface area contributed by atoms with Crippen LogP contribution >= 0.6 is 0 Å². The van der Waals surface area contributed by atoms with Gasteiger partial charge in [-0.15, -0.1) is 0 Å². The monoisotopic (exact) mass is 398 g/mol. The zero-order valence-electron chi connectivity index (χ0n) is 18.2. The molecule has 0 spiro atoms. The number of hydrogen-bond acceptors (Lipinski definition) is 4. The highest BCUT2D eigenvalue weighted by Crippen LogP contribution is 2.26. The third-order valence-corrected chi connectivity index (χ3v) is 5.30. The number of esters is 1. The van der Waals surface area contributed by atoms with Crippen LogP contribution in [-0.2, 0) is 16.0 Å². The number of hydrogen-bond donors (Lipinski definition) is 1. The Morgan fingerprint density at radius 1 is 1.17 bits per heavy atom. The van der Waals surface area contributed by atoms with E-state index in [9.17, 15) is 9.90 Å². The molecule has 0 fully saturated rings. The summed E-state index contributed by atoms with van der Waals surface area (Å²) in [5.41, 5.74) is 4.39. The predicted octanol–water partition coefficient (Wildman–Crippen LogP) is 6.96. The zero-order valence-corrected chi connectivity index (χ0v) is 18.2. The molecule has 0 bridgehead atoms. The average molecular weight is 399 g/mol. The van der Waals surface area contributed by atoms with E-state index in [4.69, 9.17) is 9.15 Å². The van der Waals surface area contributed by atoms with Gasteiger partial charge in [-0.3, -0.25) is 0 Å². The van der Waals surface area contributed by atoms with Crippen LogP contribution in [0.15, 0.2) is 69.5 Å². The molecule has 0 saturated carbocycles. The third kappa shape index (κ3) is 7.80. The molecule has 1 N–H and O–H groups in total. The maximum Gasteiger partial charge on any atom is 0.343 e. The fourth-order valence-electron chi connectivity index (χ4n) is 3.33. The summed E-state index contributed by atoms with van der Waals surface area (Å²) in [6.07, 6.45) is 17.4. The van der Waals surface area contributed by atoms with E-state index in [0.29, 0.717) is 5.76 Å². The number of aryl methyl sites for hydroxylation is 1. The molecule has 1 aromatic heterocycles. The van der Waals surface area contributed by atoms with E-state index in [2.05, 4.69) is 32.9 Å². The molecule has 1 atom stereocenters. The molecule has 4 nitrogen and oxygen atoms in total. The van der Waals surface area contributed by atoms with E-state index in [-0.39, 0.29) is 17.3 Å². The van der Waals surface area contributed by atoms with Crippen LogP contribution in [0, 0.1) is 5.92 Å². The van der Waals surface area contributed by atoms with Crippen molar-refractivity contribution in [3.05, 3.63) is 70.6 Å². The van der Waals surface area contributed by atoms with E-state index < -0.39 is 5.97 Å². The number of allylic oxidation sites excluding steroid dienone is 5. The number of furan rings is 1. The van der Waals surface area contributed by atoms with Gasteiger partial charge in [-0.2, -0.15) is 0 Å². The smallest absolute Gasteiger partial charge is 0.343 e. The van der Waals surface area contributed by atoms with Crippen molar-refractivity contribution in [3.8, 4) is 0 Å². The first-order valence-corrected chi connectivity index (χ1v) is 10.5. The molecule has 1 unspecified atom stereocenters. The number of carbonyl (C=O) groups excluding carboxylic acids is 1. The number of carbonyl (C=O) groups is 1. The molecule has 0 saturated heterocycles. The maximum atomic E-state index is 11.4. The molecule has 1 aliphatic rings. The fourth-order valence-corrected chi connectivity index (χ4v) is 3.33. The summed E-state index contributed by atoms with van der Waals surface area (Å²) in [6, 6.07) is 2.02. The Balaban J connectivity index is 1.63. The molecule has 158 valence electrons. The van der Waals surface area contributed by atoms with Gasteiger partial charge in [0.15, 0.2) is 11.5 Å². The molecule has 1 aliphatic heterocycles. The van der Waals surface area contributed by atoms with E-state index in [1.54, 1.807) is 13.2 Å². The Morgan fingerprint density at radius 2 is 1.90 bits per heavy atom. The molecular formula is C25H34O4. The normalized spacial score (nSPS) is 17.9. The first kappa shape index (κ1) is 22.8. The number of rotatable bonds is 11. The minimum Gasteiger partial charge on any atom is -0.504 e. The molecule has 0 aliphatic carbocycles. The molecule has 1 aromatic rings. The second-order valence-electron chi connectivity index (χ2n) is 8.07. The SMILES string of the molecule is CC1=C(O)/C(=C/C(C)CCC/C(C)=C\CC/C(C)=C\CCc2ccoc2)OC1=O. The van der Waals surface area contributed by atoms with Gasteiger partial charge in [0.25, 0.3) is 0 Å². The van der Waals surface area contributed by atoms with E-state index in [1.807, 2.05) is 18.4 Å². The van der Waals surface area contributed by atoms with Crippen molar-refractivity contribution in [1.29, 1.82) is 0 Å². The van der Waals surface area contributed by atoms with Crippen LogP contribution in [0.1, 0.15) is 71.8 Å². The molecule has 4 heteroatoms. The van der Waals surface area contributed by atoms with Gasteiger partial charge in [-0.25, -0.2) is 4.79 Å². The highest BCUT2D eigenvalue weighted by Gasteiger charge is 2.26. The van der Waals surface area contributed by atoms with Crippen LogP contribution < -0.4 is 0 Å². The Bertz CT molecular complexity index is 791.